The molecule has 0 spiro atoms. The number of halogens is 2. The molecule has 9 heteroatoms. The second-order valence-corrected chi connectivity index (χ2v) is 8.44. The van der Waals surface area contributed by atoms with Crippen LogP contribution in [0.3, 0.4) is 0 Å². The lowest BCUT2D eigenvalue weighted by Gasteiger charge is -2.01. The molecule has 0 atom stereocenters. The molecule has 0 aliphatic rings. The quantitative estimate of drug-likeness (QED) is 0.745. The minimum atomic E-state index is -3.60. The first kappa shape index (κ1) is 14.1. The van der Waals surface area contributed by atoms with Crippen LogP contribution in [-0.2, 0) is 10.0 Å². The predicted octanol–water partition coefficient (Wildman–Crippen LogP) is 4.47. The second kappa shape index (κ2) is 5.16. The molecule has 0 saturated heterocycles. The molecule has 0 aliphatic carbocycles. The third-order valence-electron chi connectivity index (χ3n) is 2.43. The molecule has 0 unspecified atom stereocenters. The summed E-state index contributed by atoms with van der Waals surface area (Å²) in [6, 6.07) is 6.62. The van der Waals surface area contributed by atoms with Gasteiger partial charge in [-0.15, -0.1) is 11.3 Å². The molecule has 3 rings (SSSR count). The van der Waals surface area contributed by atoms with Crippen LogP contribution in [0.2, 0.25) is 10.0 Å². The van der Waals surface area contributed by atoms with Gasteiger partial charge in [-0.1, -0.05) is 40.6 Å². The van der Waals surface area contributed by atoms with Crippen molar-refractivity contribution in [2.45, 2.75) is 4.21 Å². The highest BCUT2D eigenvalue weighted by Crippen LogP contribution is 2.36. The average molecular weight is 365 g/mol. The number of fused-ring (bicyclic) bond motifs is 1. The zero-order chi connectivity index (χ0) is 14.3. The smallest absolute Gasteiger partial charge is 0.254 e. The highest BCUT2D eigenvalue weighted by atomic mass is 35.5. The Balaban J connectivity index is 2.02. The number of hydrogen-bond donors (Lipinski definition) is 1. The fraction of sp³-hybridized carbons (Fsp3) is 0. The topological polar surface area (TPSA) is 59.1 Å². The van der Waals surface area contributed by atoms with E-state index >= 15 is 0 Å². The van der Waals surface area contributed by atoms with Gasteiger partial charge in [-0.3, -0.25) is 4.72 Å². The van der Waals surface area contributed by atoms with Crippen molar-refractivity contribution in [1.82, 2.24) is 4.98 Å². The zero-order valence-electron chi connectivity index (χ0n) is 9.63. The van der Waals surface area contributed by atoms with Crippen molar-refractivity contribution in [3.8, 4) is 0 Å². The van der Waals surface area contributed by atoms with Crippen LogP contribution in [0.25, 0.3) is 10.2 Å². The Labute approximate surface area is 133 Å². The SMILES string of the molecule is O=S(=O)(Nc1nc2c(Cl)c(Cl)ccc2s1)c1cccs1. The van der Waals surface area contributed by atoms with Crippen molar-refractivity contribution in [2.75, 3.05) is 4.72 Å². The second-order valence-electron chi connectivity index (χ2n) is 3.76. The number of anilines is 1. The summed E-state index contributed by atoms with van der Waals surface area (Å²) in [6.45, 7) is 0. The molecule has 0 radical (unpaired) electrons. The summed E-state index contributed by atoms with van der Waals surface area (Å²) in [6.07, 6.45) is 0. The maximum atomic E-state index is 12.1. The van der Waals surface area contributed by atoms with E-state index in [9.17, 15) is 8.42 Å². The average Bonchev–Trinajstić information content (AvgIpc) is 3.02. The number of nitrogens with zero attached hydrogens (tertiary/aromatic N) is 1. The van der Waals surface area contributed by atoms with Crippen LogP contribution in [0, 0.1) is 0 Å². The summed E-state index contributed by atoms with van der Waals surface area (Å²) in [5.41, 5.74) is 0.494. The first-order valence-corrected chi connectivity index (χ1v) is 9.22. The van der Waals surface area contributed by atoms with E-state index in [1.807, 2.05) is 0 Å². The van der Waals surface area contributed by atoms with Gasteiger partial charge in [0.05, 0.1) is 14.7 Å². The lowest BCUT2D eigenvalue weighted by Crippen LogP contribution is -2.10. The number of aromatic nitrogens is 1. The largest absolute Gasteiger partial charge is 0.273 e. The first-order chi connectivity index (χ1) is 9.47. The molecule has 0 bridgehead atoms. The minimum absolute atomic E-state index is 0.237. The van der Waals surface area contributed by atoms with Crippen molar-refractivity contribution in [1.29, 1.82) is 0 Å². The Morgan fingerprint density at radius 1 is 1.20 bits per heavy atom. The van der Waals surface area contributed by atoms with Gasteiger partial charge in [-0.25, -0.2) is 13.4 Å². The van der Waals surface area contributed by atoms with E-state index in [0.29, 0.717) is 15.6 Å². The van der Waals surface area contributed by atoms with Crippen molar-refractivity contribution in [3.05, 3.63) is 39.7 Å². The van der Waals surface area contributed by atoms with Crippen LogP contribution < -0.4 is 4.72 Å². The fourth-order valence-electron chi connectivity index (χ4n) is 1.56. The van der Waals surface area contributed by atoms with Gasteiger partial charge in [0.25, 0.3) is 10.0 Å². The third-order valence-corrected chi connectivity index (χ3v) is 7.03. The summed E-state index contributed by atoms with van der Waals surface area (Å²) in [4.78, 5) is 4.18. The van der Waals surface area contributed by atoms with Crippen LogP contribution >= 0.6 is 45.9 Å². The van der Waals surface area contributed by atoms with E-state index in [4.69, 9.17) is 23.2 Å². The molecular formula is C11H6Cl2N2O2S3. The molecule has 0 amide bonds. The molecule has 3 aromatic rings. The molecule has 1 N–H and O–H groups in total. The number of thiazole rings is 1. The maximum absolute atomic E-state index is 12.1. The van der Waals surface area contributed by atoms with E-state index in [1.165, 1.54) is 17.4 Å². The van der Waals surface area contributed by atoms with Gasteiger partial charge in [0.2, 0.25) is 0 Å². The Morgan fingerprint density at radius 2 is 2.00 bits per heavy atom. The molecular weight excluding hydrogens is 359 g/mol. The van der Waals surface area contributed by atoms with Crippen LogP contribution in [-0.4, -0.2) is 13.4 Å². The number of rotatable bonds is 3. The van der Waals surface area contributed by atoms with Gasteiger partial charge in [-0.2, -0.15) is 0 Å². The Kier molecular flexibility index (Phi) is 3.64. The Bertz CT molecular complexity index is 873. The summed E-state index contributed by atoms with van der Waals surface area (Å²) in [5, 5.41) is 2.67. The number of hydrogen-bond acceptors (Lipinski definition) is 5. The summed E-state index contributed by atoms with van der Waals surface area (Å²) < 4.78 is 27.6. The molecule has 0 saturated carbocycles. The normalized spacial score (nSPS) is 11.9. The molecule has 4 nitrogen and oxygen atoms in total. The molecule has 2 aromatic heterocycles. The lowest BCUT2D eigenvalue weighted by atomic mass is 10.3. The monoisotopic (exact) mass is 364 g/mol. The highest BCUT2D eigenvalue weighted by Gasteiger charge is 2.18. The third kappa shape index (κ3) is 2.51. The Hall–Kier alpha value is -0.860. The summed E-state index contributed by atoms with van der Waals surface area (Å²) >= 11 is 14.3. The number of thiophene rings is 1. The van der Waals surface area contributed by atoms with E-state index < -0.39 is 10.0 Å². The summed E-state index contributed by atoms with van der Waals surface area (Å²) in [7, 11) is -3.60. The number of nitrogens with one attached hydrogen (secondary N) is 1. The van der Waals surface area contributed by atoms with Crippen molar-refractivity contribution >= 4 is 71.2 Å². The Morgan fingerprint density at radius 3 is 2.70 bits per heavy atom. The van der Waals surface area contributed by atoms with Gasteiger partial charge in [0, 0.05) is 0 Å². The molecule has 1 aromatic carbocycles. The molecule has 104 valence electrons. The van der Waals surface area contributed by atoms with Gasteiger partial charge in [-0.05, 0) is 23.6 Å². The molecule has 0 fully saturated rings. The van der Waals surface area contributed by atoms with Gasteiger partial charge in [0.15, 0.2) is 5.13 Å². The van der Waals surface area contributed by atoms with Gasteiger partial charge < -0.3 is 0 Å². The van der Waals surface area contributed by atoms with Crippen molar-refractivity contribution in [3.63, 3.8) is 0 Å². The van der Waals surface area contributed by atoms with E-state index in [1.54, 1.807) is 23.6 Å². The van der Waals surface area contributed by atoms with Crippen LogP contribution in [0.5, 0.6) is 0 Å². The van der Waals surface area contributed by atoms with Crippen molar-refractivity contribution < 1.29 is 8.42 Å². The first-order valence-electron chi connectivity index (χ1n) is 5.28. The highest BCUT2D eigenvalue weighted by molar-refractivity contribution is 7.94. The van der Waals surface area contributed by atoms with E-state index in [0.717, 1.165) is 16.0 Å². The zero-order valence-corrected chi connectivity index (χ0v) is 13.6. The fourth-order valence-corrected chi connectivity index (χ4v) is 5.08. The molecule has 0 aliphatic heterocycles. The van der Waals surface area contributed by atoms with Crippen molar-refractivity contribution in [2.24, 2.45) is 0 Å². The molecule has 2 heterocycles. The molecule has 20 heavy (non-hydrogen) atoms. The number of benzene rings is 1. The van der Waals surface area contributed by atoms with Crippen LogP contribution in [0.4, 0.5) is 5.13 Å². The van der Waals surface area contributed by atoms with E-state index in [-0.39, 0.29) is 9.34 Å². The number of sulfonamides is 1. The van der Waals surface area contributed by atoms with Gasteiger partial charge in [0.1, 0.15) is 9.73 Å². The standard InChI is InChI=1S/C11H6Cl2N2O2S3/c12-6-3-4-7-10(9(6)13)14-11(19-7)15-20(16,17)8-2-1-5-18-8/h1-5H,(H,14,15). The minimum Gasteiger partial charge on any atom is -0.254 e. The summed E-state index contributed by atoms with van der Waals surface area (Å²) in [5.74, 6) is 0. The van der Waals surface area contributed by atoms with Gasteiger partial charge >= 0.3 is 0 Å². The van der Waals surface area contributed by atoms with E-state index in [2.05, 4.69) is 9.71 Å². The lowest BCUT2D eigenvalue weighted by molar-refractivity contribution is 0.603. The van der Waals surface area contributed by atoms with Crippen LogP contribution in [0.1, 0.15) is 0 Å². The maximum Gasteiger partial charge on any atom is 0.273 e. The predicted molar refractivity (Wildman–Crippen MR) is 84.8 cm³/mol. The van der Waals surface area contributed by atoms with Crippen LogP contribution in [0.15, 0.2) is 33.9 Å².